The molecule has 0 bridgehead atoms. The normalized spacial score (nSPS) is 24.4. The van der Waals surface area contributed by atoms with Crippen molar-refractivity contribution in [3.05, 3.63) is 29.6 Å². The Hall–Kier alpha value is -1.13. The lowest BCUT2D eigenvalue weighted by Crippen LogP contribution is -2.42. The van der Waals surface area contributed by atoms with Crippen molar-refractivity contribution in [2.24, 2.45) is 5.73 Å². The number of likely N-dealkylation sites (N-methyl/N-ethyl adjacent to an activating group) is 1. The third-order valence-electron chi connectivity index (χ3n) is 3.71. The van der Waals surface area contributed by atoms with E-state index in [9.17, 15) is 4.39 Å². The third-order valence-corrected chi connectivity index (χ3v) is 3.71. The van der Waals surface area contributed by atoms with E-state index in [-0.39, 0.29) is 11.4 Å². The van der Waals surface area contributed by atoms with Crippen molar-refractivity contribution in [2.75, 3.05) is 27.2 Å². The molecule has 0 saturated carbocycles. The fraction of sp³-hybridized carbons (Fsp3) is 0.571. The predicted molar refractivity (Wildman–Crippen MR) is 70.3 cm³/mol. The van der Waals surface area contributed by atoms with Gasteiger partial charge in [0.15, 0.2) is 0 Å². The fourth-order valence-corrected chi connectivity index (χ4v) is 2.64. The second-order valence-corrected chi connectivity index (χ2v) is 5.31. The molecule has 1 aliphatic heterocycles. The molecular formula is C14H21FN2O. The molecule has 0 aromatic heterocycles. The minimum atomic E-state index is -0.222. The maximum Gasteiger partial charge on any atom is 0.123 e. The molecule has 2 N–H and O–H groups in total. The molecule has 1 saturated heterocycles. The first-order chi connectivity index (χ1) is 8.52. The molecule has 0 aliphatic carbocycles. The van der Waals surface area contributed by atoms with Crippen LogP contribution in [-0.4, -0.2) is 37.7 Å². The van der Waals surface area contributed by atoms with Gasteiger partial charge in [-0.3, -0.25) is 0 Å². The quantitative estimate of drug-likeness (QED) is 0.888. The molecule has 1 aliphatic rings. The third kappa shape index (κ3) is 3.00. The van der Waals surface area contributed by atoms with Crippen molar-refractivity contribution < 1.29 is 9.13 Å². The number of methoxy groups -OCH3 is 1. The number of likely N-dealkylation sites (tertiary alicyclic amines) is 1. The van der Waals surface area contributed by atoms with Crippen molar-refractivity contribution in [1.82, 2.24) is 4.90 Å². The number of hydrogen-bond acceptors (Lipinski definition) is 3. The molecule has 18 heavy (non-hydrogen) atoms. The molecule has 3 nitrogen and oxygen atoms in total. The van der Waals surface area contributed by atoms with E-state index in [4.69, 9.17) is 10.5 Å². The van der Waals surface area contributed by atoms with E-state index >= 15 is 0 Å². The Morgan fingerprint density at radius 3 is 2.89 bits per heavy atom. The van der Waals surface area contributed by atoms with E-state index in [0.29, 0.717) is 0 Å². The average Bonchev–Trinajstić information content (AvgIpc) is 2.68. The first-order valence-electron chi connectivity index (χ1n) is 6.32. The lowest BCUT2D eigenvalue weighted by atomic mass is 9.91. The molecular weight excluding hydrogens is 231 g/mol. The van der Waals surface area contributed by atoms with Crippen LogP contribution in [0, 0.1) is 5.82 Å². The zero-order chi connectivity index (χ0) is 13.2. The Bertz CT molecular complexity index is 424. The van der Waals surface area contributed by atoms with Crippen LogP contribution in [0.4, 0.5) is 4.39 Å². The molecule has 0 radical (unpaired) electrons. The van der Waals surface area contributed by atoms with Gasteiger partial charge in [-0.05, 0) is 56.6 Å². The molecule has 2 rings (SSSR count). The second-order valence-electron chi connectivity index (χ2n) is 5.31. The van der Waals surface area contributed by atoms with Crippen LogP contribution < -0.4 is 10.5 Å². The van der Waals surface area contributed by atoms with E-state index in [2.05, 4.69) is 11.9 Å². The van der Waals surface area contributed by atoms with Gasteiger partial charge in [-0.1, -0.05) is 0 Å². The first-order valence-corrected chi connectivity index (χ1v) is 6.32. The second kappa shape index (κ2) is 5.24. The van der Waals surface area contributed by atoms with Gasteiger partial charge in [-0.15, -0.1) is 0 Å². The number of nitrogens with two attached hydrogens (primary N) is 1. The van der Waals surface area contributed by atoms with E-state index in [1.165, 1.54) is 6.07 Å². The Morgan fingerprint density at radius 2 is 2.28 bits per heavy atom. The Morgan fingerprint density at radius 1 is 1.50 bits per heavy atom. The molecule has 1 heterocycles. The average molecular weight is 252 g/mol. The number of halogens is 1. The monoisotopic (exact) mass is 252 g/mol. The molecule has 0 spiro atoms. The predicted octanol–water partition coefficient (Wildman–Crippen LogP) is 1.80. The summed E-state index contributed by atoms with van der Waals surface area (Å²) < 4.78 is 18.5. The molecule has 1 atom stereocenters. The van der Waals surface area contributed by atoms with Crippen molar-refractivity contribution >= 4 is 0 Å². The van der Waals surface area contributed by atoms with Gasteiger partial charge < -0.3 is 15.4 Å². The summed E-state index contributed by atoms with van der Waals surface area (Å²) in [5.74, 6) is 0.520. The molecule has 100 valence electrons. The van der Waals surface area contributed by atoms with Crippen molar-refractivity contribution in [1.29, 1.82) is 0 Å². The van der Waals surface area contributed by atoms with E-state index < -0.39 is 0 Å². The largest absolute Gasteiger partial charge is 0.496 e. The van der Waals surface area contributed by atoms with E-state index in [0.717, 1.165) is 43.7 Å². The van der Waals surface area contributed by atoms with Crippen LogP contribution in [0.25, 0.3) is 0 Å². The van der Waals surface area contributed by atoms with Gasteiger partial charge in [0.2, 0.25) is 0 Å². The maximum atomic E-state index is 13.2. The lowest BCUT2D eigenvalue weighted by molar-refractivity contribution is 0.351. The topological polar surface area (TPSA) is 38.5 Å². The molecule has 4 heteroatoms. The summed E-state index contributed by atoms with van der Waals surface area (Å²) in [7, 11) is 3.69. The van der Waals surface area contributed by atoms with Crippen molar-refractivity contribution in [3.8, 4) is 5.75 Å². The molecule has 0 amide bonds. The fourth-order valence-electron chi connectivity index (χ4n) is 2.64. The Labute approximate surface area is 108 Å². The van der Waals surface area contributed by atoms with Gasteiger partial charge >= 0.3 is 0 Å². The molecule has 1 fully saturated rings. The summed E-state index contributed by atoms with van der Waals surface area (Å²) in [6, 6.07) is 4.64. The van der Waals surface area contributed by atoms with Crippen LogP contribution in [0.2, 0.25) is 0 Å². The van der Waals surface area contributed by atoms with Gasteiger partial charge in [-0.2, -0.15) is 0 Å². The van der Waals surface area contributed by atoms with Gasteiger partial charge in [0.1, 0.15) is 11.6 Å². The van der Waals surface area contributed by atoms with Gasteiger partial charge in [0, 0.05) is 12.1 Å². The van der Waals surface area contributed by atoms with Crippen LogP contribution in [0.3, 0.4) is 0 Å². The summed E-state index contributed by atoms with van der Waals surface area (Å²) in [5.41, 5.74) is 7.10. The van der Waals surface area contributed by atoms with Crippen molar-refractivity contribution in [2.45, 2.75) is 24.8 Å². The molecule has 1 aromatic carbocycles. The number of rotatable bonds is 4. The molecule has 1 unspecified atom stereocenters. The van der Waals surface area contributed by atoms with Crippen LogP contribution >= 0.6 is 0 Å². The van der Waals surface area contributed by atoms with Gasteiger partial charge in [0.25, 0.3) is 0 Å². The van der Waals surface area contributed by atoms with E-state index in [1.807, 2.05) is 0 Å². The standard InChI is InChI=1S/C14H21FN2O/c1-17-8-7-14(16,10-17)6-5-11-9-12(15)3-4-13(11)18-2/h3-4,9H,5-8,10,16H2,1-2H3. The highest BCUT2D eigenvalue weighted by molar-refractivity contribution is 5.34. The number of benzene rings is 1. The first kappa shape index (κ1) is 13.3. The number of nitrogens with zero attached hydrogens (tertiary/aromatic N) is 1. The highest BCUT2D eigenvalue weighted by atomic mass is 19.1. The summed E-state index contributed by atoms with van der Waals surface area (Å²) >= 11 is 0. The Balaban J connectivity index is 2.03. The number of aryl methyl sites for hydroxylation is 1. The summed E-state index contributed by atoms with van der Waals surface area (Å²) in [4.78, 5) is 2.24. The lowest BCUT2D eigenvalue weighted by Gasteiger charge is -2.24. The Kier molecular flexibility index (Phi) is 3.88. The summed E-state index contributed by atoms with van der Waals surface area (Å²) in [5, 5.41) is 0. The highest BCUT2D eigenvalue weighted by Gasteiger charge is 2.32. The zero-order valence-corrected chi connectivity index (χ0v) is 11.1. The van der Waals surface area contributed by atoms with Gasteiger partial charge in [-0.25, -0.2) is 4.39 Å². The summed E-state index contributed by atoms with van der Waals surface area (Å²) in [6.07, 6.45) is 2.61. The molecule has 1 aromatic rings. The number of ether oxygens (including phenoxy) is 1. The highest BCUT2D eigenvalue weighted by Crippen LogP contribution is 2.26. The van der Waals surface area contributed by atoms with Crippen LogP contribution in [-0.2, 0) is 6.42 Å². The minimum absolute atomic E-state index is 0.147. The van der Waals surface area contributed by atoms with Crippen LogP contribution in [0.15, 0.2) is 18.2 Å². The maximum absolute atomic E-state index is 13.2. The van der Waals surface area contributed by atoms with Crippen LogP contribution in [0.5, 0.6) is 5.75 Å². The van der Waals surface area contributed by atoms with Crippen LogP contribution in [0.1, 0.15) is 18.4 Å². The van der Waals surface area contributed by atoms with Crippen molar-refractivity contribution in [3.63, 3.8) is 0 Å². The van der Waals surface area contributed by atoms with E-state index in [1.54, 1.807) is 19.2 Å². The van der Waals surface area contributed by atoms with Gasteiger partial charge in [0.05, 0.1) is 7.11 Å². The summed E-state index contributed by atoms with van der Waals surface area (Å²) in [6.45, 7) is 1.95. The SMILES string of the molecule is COc1ccc(F)cc1CCC1(N)CCN(C)C1. The number of hydrogen-bond donors (Lipinski definition) is 1. The zero-order valence-electron chi connectivity index (χ0n) is 11.1. The minimum Gasteiger partial charge on any atom is -0.496 e. The smallest absolute Gasteiger partial charge is 0.123 e.